The summed E-state index contributed by atoms with van der Waals surface area (Å²) in [6, 6.07) is 0.971. The maximum Gasteiger partial charge on any atom is 0.319 e. The molecule has 3 aromatic rings. The summed E-state index contributed by atoms with van der Waals surface area (Å²) in [4.78, 5) is 31.9. The number of aromatic nitrogens is 3. The minimum Gasteiger partial charge on any atom is -0.461 e. The number of pyridine rings is 1. The van der Waals surface area contributed by atoms with Crippen molar-refractivity contribution in [3.05, 3.63) is 53.6 Å². The van der Waals surface area contributed by atoms with E-state index in [-0.39, 0.29) is 40.1 Å². The Bertz CT molecular complexity index is 1690. The lowest BCUT2D eigenvalue weighted by Gasteiger charge is -2.47. The van der Waals surface area contributed by atoms with Crippen molar-refractivity contribution in [3.8, 4) is 17.1 Å². The van der Waals surface area contributed by atoms with Crippen LogP contribution in [0.4, 0.5) is 19.0 Å². The first kappa shape index (κ1) is 27.8. The maximum atomic E-state index is 16.7. The Labute approximate surface area is 253 Å². The standard InChI is InChI=1S/C33H35F3N6O2/c1-19(34)31(43)41-13-8-25-26(41)17-42(25)30-22-14-24(35)27(23-16-37-15-20-6-2-3-7-21(20)23)28(36)29(22)38-32(39-30)44-18-33-9-4-11-40(33)12-5-10-33/h14-16,25-26H,1-13,17-18H2/t25?,26-/m1/s1. The van der Waals surface area contributed by atoms with Crippen molar-refractivity contribution < 1.29 is 22.7 Å². The van der Waals surface area contributed by atoms with Crippen LogP contribution >= 0.6 is 0 Å². The molecule has 8 rings (SSSR count). The molecule has 4 saturated heterocycles. The zero-order valence-corrected chi connectivity index (χ0v) is 24.6. The van der Waals surface area contributed by atoms with Gasteiger partial charge in [-0.2, -0.15) is 9.97 Å². The van der Waals surface area contributed by atoms with E-state index in [1.807, 2.05) is 4.90 Å². The van der Waals surface area contributed by atoms with E-state index in [0.29, 0.717) is 37.5 Å². The third-order valence-corrected chi connectivity index (χ3v) is 10.7. The molecule has 1 unspecified atom stereocenters. The minimum absolute atomic E-state index is 0.00599. The van der Waals surface area contributed by atoms with Crippen LogP contribution in [0, 0.1) is 11.6 Å². The van der Waals surface area contributed by atoms with Crippen LogP contribution in [0.25, 0.3) is 22.0 Å². The van der Waals surface area contributed by atoms with Crippen molar-refractivity contribution >= 4 is 22.6 Å². The van der Waals surface area contributed by atoms with Gasteiger partial charge in [-0.05, 0) is 88.1 Å². The monoisotopic (exact) mass is 604 g/mol. The Balaban J connectivity index is 1.22. The summed E-state index contributed by atoms with van der Waals surface area (Å²) in [7, 11) is 0. The average molecular weight is 605 g/mol. The molecular formula is C33H35F3N6O2. The van der Waals surface area contributed by atoms with Gasteiger partial charge in [0.1, 0.15) is 23.8 Å². The van der Waals surface area contributed by atoms with Crippen molar-refractivity contribution in [2.24, 2.45) is 0 Å². The van der Waals surface area contributed by atoms with Crippen molar-refractivity contribution in [2.75, 3.05) is 37.7 Å². The van der Waals surface area contributed by atoms with Gasteiger partial charge in [-0.25, -0.2) is 13.2 Å². The fourth-order valence-corrected chi connectivity index (χ4v) is 8.50. The average Bonchev–Trinajstić information content (AvgIpc) is 3.69. The highest BCUT2D eigenvalue weighted by Crippen LogP contribution is 2.44. The van der Waals surface area contributed by atoms with Gasteiger partial charge < -0.3 is 14.5 Å². The molecule has 5 aliphatic rings. The lowest BCUT2D eigenvalue weighted by molar-refractivity contribution is -0.130. The summed E-state index contributed by atoms with van der Waals surface area (Å²) in [5, 5.41) is 0.244. The first-order valence-corrected chi connectivity index (χ1v) is 15.8. The quantitative estimate of drug-likeness (QED) is 0.362. The van der Waals surface area contributed by atoms with Gasteiger partial charge in [0.05, 0.1) is 23.2 Å². The van der Waals surface area contributed by atoms with Crippen molar-refractivity contribution in [1.29, 1.82) is 0 Å². The first-order chi connectivity index (χ1) is 21.3. The van der Waals surface area contributed by atoms with E-state index in [1.54, 1.807) is 12.4 Å². The van der Waals surface area contributed by atoms with Gasteiger partial charge in [0.2, 0.25) is 0 Å². The molecule has 4 fully saturated rings. The van der Waals surface area contributed by atoms with E-state index < -0.39 is 23.4 Å². The highest BCUT2D eigenvalue weighted by molar-refractivity contribution is 5.95. The van der Waals surface area contributed by atoms with Crippen molar-refractivity contribution in [2.45, 2.75) is 75.4 Å². The van der Waals surface area contributed by atoms with Gasteiger partial charge in [-0.1, -0.05) is 6.58 Å². The van der Waals surface area contributed by atoms with Crippen LogP contribution in [-0.2, 0) is 17.6 Å². The first-order valence-electron chi connectivity index (χ1n) is 15.8. The second kappa shape index (κ2) is 10.4. The summed E-state index contributed by atoms with van der Waals surface area (Å²) >= 11 is 0. The third-order valence-electron chi connectivity index (χ3n) is 10.7. The number of halogens is 3. The van der Waals surface area contributed by atoms with Gasteiger partial charge in [0, 0.05) is 36.4 Å². The summed E-state index contributed by atoms with van der Waals surface area (Å²) in [6.07, 6.45) is 11.8. The Morgan fingerprint density at radius 1 is 1.05 bits per heavy atom. The predicted octanol–water partition coefficient (Wildman–Crippen LogP) is 5.13. The second-order valence-corrected chi connectivity index (χ2v) is 13.0. The van der Waals surface area contributed by atoms with Crippen LogP contribution in [0.1, 0.15) is 56.1 Å². The number of hydrogen-bond donors (Lipinski definition) is 0. The number of nitrogens with zero attached hydrogens (tertiary/aromatic N) is 6. The van der Waals surface area contributed by atoms with Crippen LogP contribution in [0.2, 0.25) is 0 Å². The highest BCUT2D eigenvalue weighted by atomic mass is 19.1. The summed E-state index contributed by atoms with van der Waals surface area (Å²) in [5.41, 5.74) is 2.23. The Morgan fingerprint density at radius 3 is 2.64 bits per heavy atom. The zero-order chi connectivity index (χ0) is 30.2. The molecule has 4 aliphatic heterocycles. The van der Waals surface area contributed by atoms with E-state index in [0.717, 1.165) is 75.6 Å². The molecule has 8 nitrogen and oxygen atoms in total. The number of likely N-dealkylation sites (tertiary alicyclic amines) is 1. The van der Waals surface area contributed by atoms with E-state index in [1.165, 1.54) is 11.0 Å². The number of fused-ring (bicyclic) bond motifs is 4. The molecule has 1 aliphatic carbocycles. The lowest BCUT2D eigenvalue weighted by Crippen LogP contribution is -2.63. The van der Waals surface area contributed by atoms with Crippen molar-refractivity contribution in [1.82, 2.24) is 24.8 Å². The zero-order valence-electron chi connectivity index (χ0n) is 24.6. The molecule has 44 heavy (non-hydrogen) atoms. The number of anilines is 1. The number of hydrogen-bond acceptors (Lipinski definition) is 7. The van der Waals surface area contributed by atoms with Gasteiger partial charge in [-0.3, -0.25) is 14.7 Å². The molecule has 0 N–H and O–H groups in total. The summed E-state index contributed by atoms with van der Waals surface area (Å²) in [6.45, 7) is 6.37. The highest BCUT2D eigenvalue weighted by Gasteiger charge is 2.50. The van der Waals surface area contributed by atoms with Crippen LogP contribution < -0.4 is 9.64 Å². The molecule has 6 heterocycles. The predicted molar refractivity (Wildman–Crippen MR) is 159 cm³/mol. The van der Waals surface area contributed by atoms with Gasteiger partial charge >= 0.3 is 6.01 Å². The molecule has 11 heteroatoms. The van der Waals surface area contributed by atoms with Gasteiger partial charge in [-0.15, -0.1) is 0 Å². The molecule has 1 aromatic carbocycles. The molecule has 1 amide bonds. The van der Waals surface area contributed by atoms with Crippen LogP contribution in [-0.4, -0.2) is 81.1 Å². The maximum absolute atomic E-state index is 16.7. The van der Waals surface area contributed by atoms with Crippen LogP contribution in [0.3, 0.4) is 0 Å². The fraction of sp³-hybridized carbons (Fsp3) is 0.515. The van der Waals surface area contributed by atoms with Crippen molar-refractivity contribution in [3.63, 3.8) is 0 Å². The van der Waals surface area contributed by atoms with E-state index in [4.69, 9.17) is 9.72 Å². The Hall–Kier alpha value is -3.73. The number of rotatable bonds is 6. The largest absolute Gasteiger partial charge is 0.461 e. The van der Waals surface area contributed by atoms with Crippen LogP contribution in [0.5, 0.6) is 6.01 Å². The summed E-state index contributed by atoms with van der Waals surface area (Å²) in [5.74, 6) is -2.80. The molecule has 0 saturated carbocycles. The van der Waals surface area contributed by atoms with E-state index in [2.05, 4.69) is 21.4 Å². The number of ether oxygens (including phenoxy) is 1. The molecule has 0 bridgehead atoms. The number of benzene rings is 1. The molecule has 0 spiro atoms. The smallest absolute Gasteiger partial charge is 0.319 e. The second-order valence-electron chi connectivity index (χ2n) is 13.0. The van der Waals surface area contributed by atoms with E-state index in [9.17, 15) is 9.18 Å². The molecule has 2 aromatic heterocycles. The molecule has 0 radical (unpaired) electrons. The molecule has 230 valence electrons. The van der Waals surface area contributed by atoms with Crippen LogP contribution in [0.15, 0.2) is 30.9 Å². The minimum atomic E-state index is -0.992. The number of carbonyl (C=O) groups is 1. The number of aryl methyl sites for hydroxylation is 1. The molecule has 2 atom stereocenters. The van der Waals surface area contributed by atoms with Gasteiger partial charge in [0.15, 0.2) is 11.6 Å². The normalized spacial score (nSPS) is 23.8. The Morgan fingerprint density at radius 2 is 1.84 bits per heavy atom. The van der Waals surface area contributed by atoms with Gasteiger partial charge in [0.25, 0.3) is 5.91 Å². The fourth-order valence-electron chi connectivity index (χ4n) is 8.50. The SMILES string of the molecule is C=C(F)C(=O)N1CCC2[C@H]1CN2c1nc(OCC23CCCN2CCC3)nc2c(F)c(-c3cncc4c3CCCC4)c(F)cc12. The topological polar surface area (TPSA) is 74.7 Å². The lowest BCUT2D eigenvalue weighted by atomic mass is 9.87. The third kappa shape index (κ3) is 4.22. The van der Waals surface area contributed by atoms with E-state index >= 15 is 8.78 Å². The summed E-state index contributed by atoms with van der Waals surface area (Å²) < 4.78 is 52.7. The number of carbonyl (C=O) groups excluding carboxylic acids is 1. The molecular weight excluding hydrogens is 569 g/mol. The number of amides is 1. The Kier molecular flexibility index (Phi) is 6.59.